The van der Waals surface area contributed by atoms with Crippen molar-refractivity contribution >= 4 is 35.0 Å². The number of ether oxygens (including phenoxy) is 1. The molecule has 3 heterocycles. The third-order valence-electron chi connectivity index (χ3n) is 5.52. The molecule has 2 aromatic heterocycles. The highest BCUT2D eigenvalue weighted by Crippen LogP contribution is 2.29. The van der Waals surface area contributed by atoms with Crippen molar-refractivity contribution in [1.82, 2.24) is 20.1 Å². The number of aromatic nitrogens is 3. The number of para-hydroxylation sites is 1. The number of nitrogens with one attached hydrogen (secondary N) is 1. The summed E-state index contributed by atoms with van der Waals surface area (Å²) < 4.78 is 7.53. The van der Waals surface area contributed by atoms with Gasteiger partial charge in [0.15, 0.2) is 5.16 Å². The first-order chi connectivity index (χ1) is 16.8. The third kappa shape index (κ3) is 5.16. The number of thioether (sulfide) groups is 1. The summed E-state index contributed by atoms with van der Waals surface area (Å²) in [6, 6.07) is 23.9. The Hall–Kier alpha value is -3.14. The van der Waals surface area contributed by atoms with Crippen molar-refractivity contribution in [2.45, 2.75) is 11.2 Å². The molecule has 1 saturated heterocycles. The lowest BCUT2D eigenvalue weighted by Gasteiger charge is -2.27. The van der Waals surface area contributed by atoms with E-state index in [9.17, 15) is 4.79 Å². The highest BCUT2D eigenvalue weighted by atomic mass is 32.2. The quantitative estimate of drug-likeness (QED) is 0.373. The fourth-order valence-electron chi connectivity index (χ4n) is 3.88. The van der Waals surface area contributed by atoms with Crippen LogP contribution in [0.2, 0.25) is 0 Å². The Morgan fingerprint density at radius 1 is 1.00 bits per heavy atom. The van der Waals surface area contributed by atoms with Crippen LogP contribution in [0.4, 0.5) is 5.95 Å². The Morgan fingerprint density at radius 3 is 2.44 bits per heavy atom. The fraction of sp³-hybridized carbons (Fsp3) is 0.240. The number of morpholine rings is 1. The minimum absolute atomic E-state index is 0.0530. The standard InChI is InChI=1S/C25H25N5O2S2/c31-22(26-23(21-12-7-17-33-21)19-8-3-1-4-9-19)18-34-25-28-27-24(29-13-15-32-16-14-29)30(25)20-10-5-2-6-11-20/h1-12,17,23H,13-16,18H2,(H,26,31). The first kappa shape index (κ1) is 22.6. The molecular formula is C25H25N5O2S2. The number of hydrogen-bond donors (Lipinski definition) is 1. The van der Waals surface area contributed by atoms with Crippen LogP contribution >= 0.6 is 23.1 Å². The molecule has 0 saturated carbocycles. The van der Waals surface area contributed by atoms with Crippen LogP contribution in [0.25, 0.3) is 5.69 Å². The first-order valence-electron chi connectivity index (χ1n) is 11.1. The third-order valence-corrected chi connectivity index (χ3v) is 7.39. The number of anilines is 1. The van der Waals surface area contributed by atoms with Crippen molar-refractivity contribution < 1.29 is 9.53 Å². The summed E-state index contributed by atoms with van der Waals surface area (Å²) in [4.78, 5) is 16.3. The van der Waals surface area contributed by atoms with E-state index in [4.69, 9.17) is 4.74 Å². The number of amides is 1. The lowest BCUT2D eigenvalue weighted by molar-refractivity contribution is -0.119. The summed E-state index contributed by atoms with van der Waals surface area (Å²) >= 11 is 3.03. The maximum absolute atomic E-state index is 13.0. The van der Waals surface area contributed by atoms with Gasteiger partial charge in [-0.15, -0.1) is 21.5 Å². The Morgan fingerprint density at radius 2 is 1.74 bits per heavy atom. The summed E-state index contributed by atoms with van der Waals surface area (Å²) in [5.41, 5.74) is 2.03. The van der Waals surface area contributed by atoms with Gasteiger partial charge in [0.2, 0.25) is 11.9 Å². The smallest absolute Gasteiger partial charge is 0.232 e. The average molecular weight is 492 g/mol. The molecule has 174 valence electrons. The average Bonchev–Trinajstić information content (AvgIpc) is 3.58. The monoisotopic (exact) mass is 491 g/mol. The van der Waals surface area contributed by atoms with E-state index in [1.54, 1.807) is 11.3 Å². The van der Waals surface area contributed by atoms with Crippen molar-refractivity contribution in [2.24, 2.45) is 0 Å². The van der Waals surface area contributed by atoms with E-state index in [0.717, 1.165) is 35.2 Å². The predicted molar refractivity (Wildman–Crippen MR) is 136 cm³/mol. The molecule has 1 unspecified atom stereocenters. The SMILES string of the molecule is O=C(CSc1nnc(N2CCOCC2)n1-c1ccccc1)NC(c1ccccc1)c1cccs1. The number of rotatable bonds is 8. The molecule has 5 rings (SSSR count). The van der Waals surface area contributed by atoms with Crippen molar-refractivity contribution in [3.05, 3.63) is 88.6 Å². The van der Waals surface area contributed by atoms with Crippen LogP contribution in [0.1, 0.15) is 16.5 Å². The molecule has 1 amide bonds. The summed E-state index contributed by atoms with van der Waals surface area (Å²) in [5.74, 6) is 0.962. The minimum Gasteiger partial charge on any atom is -0.378 e. The van der Waals surface area contributed by atoms with E-state index < -0.39 is 0 Å². The number of hydrogen-bond acceptors (Lipinski definition) is 7. The van der Waals surface area contributed by atoms with Gasteiger partial charge in [0.25, 0.3) is 0 Å². The molecule has 0 aliphatic carbocycles. The second-order valence-electron chi connectivity index (χ2n) is 7.77. The van der Waals surface area contributed by atoms with Crippen molar-refractivity contribution in [3.63, 3.8) is 0 Å². The molecule has 0 radical (unpaired) electrons. The number of benzene rings is 2. The molecule has 34 heavy (non-hydrogen) atoms. The fourth-order valence-corrected chi connectivity index (χ4v) is 5.44. The molecule has 1 aliphatic rings. The molecule has 0 spiro atoms. The second-order valence-corrected chi connectivity index (χ2v) is 9.69. The van der Waals surface area contributed by atoms with Gasteiger partial charge in [0.05, 0.1) is 30.7 Å². The van der Waals surface area contributed by atoms with Gasteiger partial charge in [-0.05, 0) is 29.1 Å². The van der Waals surface area contributed by atoms with Gasteiger partial charge in [-0.25, -0.2) is 0 Å². The van der Waals surface area contributed by atoms with Crippen LogP contribution < -0.4 is 10.2 Å². The predicted octanol–water partition coefficient (Wildman–Crippen LogP) is 4.16. The number of carbonyl (C=O) groups is 1. The lowest BCUT2D eigenvalue weighted by Crippen LogP contribution is -2.37. The van der Waals surface area contributed by atoms with Crippen LogP contribution in [0.5, 0.6) is 0 Å². The van der Waals surface area contributed by atoms with Gasteiger partial charge in [-0.2, -0.15) is 0 Å². The number of nitrogens with zero attached hydrogens (tertiary/aromatic N) is 4. The van der Waals surface area contributed by atoms with Crippen LogP contribution in [0.3, 0.4) is 0 Å². The molecule has 7 nitrogen and oxygen atoms in total. The summed E-state index contributed by atoms with van der Waals surface area (Å²) in [6.07, 6.45) is 0. The van der Waals surface area contributed by atoms with Crippen molar-refractivity contribution in [1.29, 1.82) is 0 Å². The maximum atomic E-state index is 13.0. The van der Waals surface area contributed by atoms with Crippen LogP contribution in [-0.2, 0) is 9.53 Å². The maximum Gasteiger partial charge on any atom is 0.232 e. The van der Waals surface area contributed by atoms with E-state index >= 15 is 0 Å². The molecule has 4 aromatic rings. The van der Waals surface area contributed by atoms with Gasteiger partial charge >= 0.3 is 0 Å². The Kier molecular flexibility index (Phi) is 7.23. The van der Waals surface area contributed by atoms with Gasteiger partial charge in [-0.1, -0.05) is 66.4 Å². The van der Waals surface area contributed by atoms with E-state index in [0.29, 0.717) is 18.4 Å². The highest BCUT2D eigenvalue weighted by molar-refractivity contribution is 7.99. The van der Waals surface area contributed by atoms with Gasteiger partial charge in [0.1, 0.15) is 0 Å². The molecule has 1 aliphatic heterocycles. The molecule has 0 bridgehead atoms. The Balaban J connectivity index is 1.34. The zero-order valence-corrected chi connectivity index (χ0v) is 20.2. The molecule has 1 atom stereocenters. The molecule has 1 N–H and O–H groups in total. The number of carbonyl (C=O) groups excluding carboxylic acids is 1. The Bertz CT molecular complexity index is 1190. The highest BCUT2D eigenvalue weighted by Gasteiger charge is 2.23. The molecular weight excluding hydrogens is 466 g/mol. The normalized spacial score (nSPS) is 14.6. The topological polar surface area (TPSA) is 72.3 Å². The zero-order chi connectivity index (χ0) is 23.2. The van der Waals surface area contributed by atoms with Gasteiger partial charge in [-0.3, -0.25) is 9.36 Å². The van der Waals surface area contributed by atoms with Crippen LogP contribution in [-0.4, -0.2) is 52.7 Å². The molecule has 9 heteroatoms. The Labute approximate surface area is 206 Å². The van der Waals surface area contributed by atoms with E-state index in [2.05, 4.69) is 26.5 Å². The second kappa shape index (κ2) is 10.9. The van der Waals surface area contributed by atoms with E-state index in [-0.39, 0.29) is 17.7 Å². The van der Waals surface area contributed by atoms with E-state index in [1.165, 1.54) is 11.8 Å². The number of thiophene rings is 1. The molecule has 1 fully saturated rings. The van der Waals surface area contributed by atoms with Gasteiger partial charge in [0, 0.05) is 18.0 Å². The first-order valence-corrected chi connectivity index (χ1v) is 13.0. The van der Waals surface area contributed by atoms with Crippen LogP contribution in [0.15, 0.2) is 83.3 Å². The minimum atomic E-state index is -0.176. The summed E-state index contributed by atoms with van der Waals surface area (Å²) in [6.45, 7) is 2.84. The molecule has 2 aromatic carbocycles. The van der Waals surface area contributed by atoms with Crippen LogP contribution in [0, 0.1) is 0 Å². The zero-order valence-electron chi connectivity index (χ0n) is 18.5. The summed E-state index contributed by atoms with van der Waals surface area (Å²) in [7, 11) is 0. The lowest BCUT2D eigenvalue weighted by atomic mass is 10.1. The van der Waals surface area contributed by atoms with Crippen molar-refractivity contribution in [3.8, 4) is 5.69 Å². The van der Waals surface area contributed by atoms with Crippen molar-refractivity contribution in [2.75, 3.05) is 37.0 Å². The summed E-state index contributed by atoms with van der Waals surface area (Å²) in [5, 5.41) is 14.8. The van der Waals surface area contributed by atoms with Gasteiger partial charge < -0.3 is 15.0 Å². The van der Waals surface area contributed by atoms with E-state index in [1.807, 2.05) is 76.7 Å². The largest absolute Gasteiger partial charge is 0.378 e.